The van der Waals surface area contributed by atoms with Gasteiger partial charge in [-0.2, -0.15) is 0 Å². The summed E-state index contributed by atoms with van der Waals surface area (Å²) < 4.78 is 22.1. The number of ether oxygens (including phenoxy) is 4. The fourth-order valence-electron chi connectivity index (χ4n) is 3.98. The molecule has 1 saturated carbocycles. The van der Waals surface area contributed by atoms with Gasteiger partial charge in [0.05, 0.1) is 14.2 Å². The average Bonchev–Trinajstić information content (AvgIpc) is 2.86. The number of nitrogens with one attached hydrogen (secondary N) is 2. The molecule has 2 aromatic carbocycles. The van der Waals surface area contributed by atoms with Gasteiger partial charge >= 0.3 is 0 Å². The normalized spacial score (nSPS) is 18.9. The zero-order chi connectivity index (χ0) is 26.2. The summed E-state index contributed by atoms with van der Waals surface area (Å²) in [4.78, 5) is 25.3. The van der Waals surface area contributed by atoms with Crippen molar-refractivity contribution in [1.29, 1.82) is 0 Å². The zero-order valence-electron chi connectivity index (χ0n) is 20.8. The highest BCUT2D eigenvalue weighted by molar-refractivity contribution is 6.31. The van der Waals surface area contributed by atoms with Crippen LogP contribution in [0.15, 0.2) is 36.4 Å². The number of hydrogen-bond acceptors (Lipinski definition) is 6. The standard InChI is InChI=1S/C26H32Cl2N2O6/c1-15(35-21-11-5-17(27)13-23(21)33-3)25(31)29-19-7-9-20(10-8-19)30-26(32)16(2)36-22-12-6-18(28)14-24(22)34-4/h5-6,11-16,19-20H,7-10H2,1-4H3,(H,29,31)(H,30,32). The third kappa shape index (κ3) is 7.58. The van der Waals surface area contributed by atoms with Gasteiger partial charge in [0.15, 0.2) is 35.2 Å². The van der Waals surface area contributed by atoms with E-state index >= 15 is 0 Å². The molecule has 36 heavy (non-hydrogen) atoms. The van der Waals surface area contributed by atoms with Crippen molar-refractivity contribution in [3.8, 4) is 23.0 Å². The average molecular weight is 539 g/mol. The molecule has 1 aliphatic carbocycles. The Balaban J connectivity index is 1.43. The molecule has 2 atom stereocenters. The maximum absolute atomic E-state index is 12.7. The lowest BCUT2D eigenvalue weighted by Gasteiger charge is -2.31. The summed E-state index contributed by atoms with van der Waals surface area (Å²) in [5.41, 5.74) is 0. The Morgan fingerprint density at radius 3 is 1.42 bits per heavy atom. The SMILES string of the molecule is COc1cc(Cl)ccc1OC(C)C(=O)NC1CCC(NC(=O)C(C)Oc2ccc(Cl)cc2OC)CC1. The second-order valence-corrected chi connectivity index (χ2v) is 9.55. The Kier molecular flexibility index (Phi) is 9.96. The largest absolute Gasteiger partial charge is 0.493 e. The van der Waals surface area contributed by atoms with E-state index in [1.54, 1.807) is 50.2 Å². The molecule has 0 heterocycles. The molecular formula is C26H32Cl2N2O6. The molecule has 0 radical (unpaired) electrons. The van der Waals surface area contributed by atoms with Gasteiger partial charge < -0.3 is 29.6 Å². The fourth-order valence-corrected chi connectivity index (χ4v) is 4.31. The van der Waals surface area contributed by atoms with E-state index < -0.39 is 12.2 Å². The Morgan fingerprint density at radius 1 is 0.722 bits per heavy atom. The Morgan fingerprint density at radius 2 is 1.08 bits per heavy atom. The van der Waals surface area contributed by atoms with Crippen LogP contribution in [0.4, 0.5) is 0 Å². The number of halogens is 2. The maximum Gasteiger partial charge on any atom is 0.260 e. The van der Waals surface area contributed by atoms with Crippen molar-refractivity contribution in [3.05, 3.63) is 46.4 Å². The third-order valence-electron chi connectivity index (χ3n) is 6.02. The molecule has 0 bridgehead atoms. The number of hydrogen-bond donors (Lipinski definition) is 2. The van der Waals surface area contributed by atoms with Crippen LogP contribution in [-0.4, -0.2) is 50.3 Å². The van der Waals surface area contributed by atoms with Crippen LogP contribution in [0, 0.1) is 0 Å². The van der Waals surface area contributed by atoms with E-state index in [0.717, 1.165) is 25.7 Å². The van der Waals surface area contributed by atoms with Crippen LogP contribution in [0.1, 0.15) is 39.5 Å². The van der Waals surface area contributed by atoms with Crippen molar-refractivity contribution < 1.29 is 28.5 Å². The van der Waals surface area contributed by atoms with Crippen LogP contribution in [0.25, 0.3) is 0 Å². The summed E-state index contributed by atoms with van der Waals surface area (Å²) in [5, 5.41) is 7.12. The van der Waals surface area contributed by atoms with Crippen molar-refractivity contribution in [2.24, 2.45) is 0 Å². The topological polar surface area (TPSA) is 95.1 Å². The van der Waals surface area contributed by atoms with Crippen LogP contribution in [0.2, 0.25) is 10.0 Å². The van der Waals surface area contributed by atoms with Crippen molar-refractivity contribution in [2.45, 2.75) is 63.8 Å². The molecule has 2 unspecified atom stereocenters. The number of benzene rings is 2. The molecule has 8 nitrogen and oxygen atoms in total. The van der Waals surface area contributed by atoms with E-state index in [1.165, 1.54) is 14.2 Å². The molecule has 2 amide bonds. The first-order valence-electron chi connectivity index (χ1n) is 11.8. The van der Waals surface area contributed by atoms with Gasteiger partial charge in [-0.15, -0.1) is 0 Å². The number of carbonyl (C=O) groups is 2. The van der Waals surface area contributed by atoms with Crippen molar-refractivity contribution >= 4 is 35.0 Å². The van der Waals surface area contributed by atoms with E-state index in [1.807, 2.05) is 0 Å². The molecule has 1 aliphatic rings. The van der Waals surface area contributed by atoms with Crippen molar-refractivity contribution in [1.82, 2.24) is 10.6 Å². The highest BCUT2D eigenvalue weighted by Crippen LogP contribution is 2.32. The molecule has 10 heteroatoms. The van der Waals surface area contributed by atoms with Crippen molar-refractivity contribution in [3.63, 3.8) is 0 Å². The Bertz CT molecular complexity index is 975. The molecule has 2 N–H and O–H groups in total. The predicted octanol–water partition coefficient (Wildman–Crippen LogP) is 4.79. The molecular weight excluding hydrogens is 507 g/mol. The van der Waals surface area contributed by atoms with Crippen LogP contribution in [0.3, 0.4) is 0 Å². The second-order valence-electron chi connectivity index (χ2n) is 8.68. The van der Waals surface area contributed by atoms with Crippen LogP contribution in [0.5, 0.6) is 23.0 Å². The molecule has 2 aromatic rings. The van der Waals surface area contributed by atoms with Crippen LogP contribution in [-0.2, 0) is 9.59 Å². The smallest absolute Gasteiger partial charge is 0.260 e. The van der Waals surface area contributed by atoms with Gasteiger partial charge in [0.1, 0.15) is 0 Å². The molecule has 1 fully saturated rings. The number of amides is 2. The Hall–Kier alpha value is -2.84. The van der Waals surface area contributed by atoms with Gasteiger partial charge in [-0.05, 0) is 63.8 Å². The summed E-state index contributed by atoms with van der Waals surface area (Å²) >= 11 is 12.0. The minimum Gasteiger partial charge on any atom is -0.493 e. The molecule has 0 spiro atoms. The Labute approximate surface area is 221 Å². The van der Waals surface area contributed by atoms with E-state index in [4.69, 9.17) is 42.1 Å². The molecule has 0 aromatic heterocycles. The maximum atomic E-state index is 12.7. The third-order valence-corrected chi connectivity index (χ3v) is 6.49. The van der Waals surface area contributed by atoms with Crippen LogP contribution < -0.4 is 29.6 Å². The van der Waals surface area contributed by atoms with Gasteiger partial charge in [0.25, 0.3) is 11.8 Å². The number of rotatable bonds is 10. The highest BCUT2D eigenvalue weighted by Gasteiger charge is 2.27. The lowest BCUT2D eigenvalue weighted by atomic mass is 9.91. The lowest BCUT2D eigenvalue weighted by molar-refractivity contribution is -0.129. The van der Waals surface area contributed by atoms with E-state index in [2.05, 4.69) is 10.6 Å². The second kappa shape index (κ2) is 12.9. The summed E-state index contributed by atoms with van der Waals surface area (Å²) in [7, 11) is 3.03. The minimum atomic E-state index is -0.708. The first kappa shape index (κ1) is 27.7. The van der Waals surface area contributed by atoms with E-state index in [9.17, 15) is 9.59 Å². The number of methoxy groups -OCH3 is 2. The molecule has 0 aliphatic heterocycles. The van der Waals surface area contributed by atoms with Gasteiger partial charge in [-0.3, -0.25) is 9.59 Å². The summed E-state index contributed by atoms with van der Waals surface area (Å²) in [6, 6.07) is 9.99. The summed E-state index contributed by atoms with van der Waals surface area (Å²) in [6.07, 6.45) is 1.56. The number of carbonyl (C=O) groups excluding carboxylic acids is 2. The highest BCUT2D eigenvalue weighted by atomic mass is 35.5. The summed E-state index contributed by atoms with van der Waals surface area (Å²) in [6.45, 7) is 3.37. The predicted molar refractivity (Wildman–Crippen MR) is 139 cm³/mol. The summed E-state index contributed by atoms with van der Waals surface area (Å²) in [5.74, 6) is 1.40. The zero-order valence-corrected chi connectivity index (χ0v) is 22.3. The van der Waals surface area contributed by atoms with E-state index in [-0.39, 0.29) is 23.9 Å². The minimum absolute atomic E-state index is 0.0100. The van der Waals surface area contributed by atoms with Crippen LogP contribution >= 0.6 is 23.2 Å². The van der Waals surface area contributed by atoms with E-state index in [0.29, 0.717) is 33.0 Å². The van der Waals surface area contributed by atoms with Gasteiger partial charge in [0.2, 0.25) is 0 Å². The monoisotopic (exact) mass is 538 g/mol. The van der Waals surface area contributed by atoms with Gasteiger partial charge in [-0.25, -0.2) is 0 Å². The van der Waals surface area contributed by atoms with Gasteiger partial charge in [0, 0.05) is 34.3 Å². The molecule has 196 valence electrons. The first-order chi connectivity index (χ1) is 17.2. The van der Waals surface area contributed by atoms with Gasteiger partial charge in [-0.1, -0.05) is 23.2 Å². The first-order valence-corrected chi connectivity index (χ1v) is 12.6. The quantitative estimate of drug-likeness (QED) is 0.451. The van der Waals surface area contributed by atoms with Crippen molar-refractivity contribution in [2.75, 3.05) is 14.2 Å². The fraction of sp³-hybridized carbons (Fsp3) is 0.462. The molecule has 0 saturated heterocycles. The lowest BCUT2D eigenvalue weighted by Crippen LogP contribution is -2.48. The molecule has 3 rings (SSSR count).